The van der Waals surface area contributed by atoms with Gasteiger partial charge >= 0.3 is 0 Å². The minimum atomic E-state index is -0.555. The maximum Gasteiger partial charge on any atom is 0.260 e. The average Bonchev–Trinajstić information content (AvgIpc) is 2.44. The first kappa shape index (κ1) is 19.5. The lowest BCUT2D eigenvalue weighted by molar-refractivity contribution is -0.127. The fraction of sp³-hybridized carbons (Fsp3) is 0.632. The first-order valence-corrected chi connectivity index (χ1v) is 8.21. The van der Waals surface area contributed by atoms with Crippen molar-refractivity contribution in [1.29, 1.82) is 0 Å². The fourth-order valence-corrected chi connectivity index (χ4v) is 2.15. The molecule has 0 bridgehead atoms. The van der Waals surface area contributed by atoms with Crippen molar-refractivity contribution in [3.8, 4) is 5.75 Å². The number of benzene rings is 1. The summed E-state index contributed by atoms with van der Waals surface area (Å²) in [5, 5.41) is 11.9. The van der Waals surface area contributed by atoms with Crippen LogP contribution in [0, 0.1) is 5.41 Å². The third-order valence-corrected chi connectivity index (χ3v) is 3.93. The van der Waals surface area contributed by atoms with Gasteiger partial charge in [0, 0.05) is 13.2 Å². The maximum atomic E-state index is 12.1. The van der Waals surface area contributed by atoms with Gasteiger partial charge < -0.3 is 15.2 Å². The number of carbonyl (C=O) groups is 1. The molecule has 23 heavy (non-hydrogen) atoms. The molecule has 1 aromatic rings. The van der Waals surface area contributed by atoms with E-state index in [-0.39, 0.29) is 23.3 Å². The van der Waals surface area contributed by atoms with Crippen molar-refractivity contribution in [3.05, 3.63) is 29.8 Å². The van der Waals surface area contributed by atoms with E-state index in [0.717, 1.165) is 0 Å². The Labute approximate surface area is 140 Å². The Morgan fingerprint density at radius 1 is 1.17 bits per heavy atom. The standard InChI is InChI=1S/C19H31NO3/c1-14(17(22)20-13-19(5,6)11-12-21)23-16-9-7-15(8-10-16)18(2,3)4/h7-10,14,21H,11-13H2,1-6H3,(H,20,22). The summed E-state index contributed by atoms with van der Waals surface area (Å²) in [4.78, 5) is 12.1. The largest absolute Gasteiger partial charge is 0.481 e. The molecule has 0 aliphatic carbocycles. The van der Waals surface area contributed by atoms with Crippen molar-refractivity contribution in [1.82, 2.24) is 5.32 Å². The molecule has 1 atom stereocenters. The number of amides is 1. The second kappa shape index (κ2) is 7.82. The number of ether oxygens (including phenoxy) is 1. The Bertz CT molecular complexity index is 500. The number of carbonyl (C=O) groups excluding carboxylic acids is 1. The lowest BCUT2D eigenvalue weighted by Gasteiger charge is -2.25. The fourth-order valence-electron chi connectivity index (χ4n) is 2.15. The predicted molar refractivity (Wildman–Crippen MR) is 93.7 cm³/mol. The number of aliphatic hydroxyl groups is 1. The number of hydrogen-bond acceptors (Lipinski definition) is 3. The highest BCUT2D eigenvalue weighted by atomic mass is 16.5. The molecule has 0 fully saturated rings. The van der Waals surface area contributed by atoms with Gasteiger partial charge in [0.05, 0.1) is 0 Å². The van der Waals surface area contributed by atoms with Crippen LogP contribution < -0.4 is 10.1 Å². The van der Waals surface area contributed by atoms with Crippen molar-refractivity contribution in [2.45, 2.75) is 59.5 Å². The van der Waals surface area contributed by atoms with Crippen LogP contribution in [0.3, 0.4) is 0 Å². The molecular weight excluding hydrogens is 290 g/mol. The van der Waals surface area contributed by atoms with Gasteiger partial charge in [0.1, 0.15) is 5.75 Å². The molecule has 0 aliphatic rings. The van der Waals surface area contributed by atoms with E-state index in [9.17, 15) is 4.79 Å². The highest BCUT2D eigenvalue weighted by Crippen LogP contribution is 2.24. The second-order valence-electron chi connectivity index (χ2n) is 7.89. The predicted octanol–water partition coefficient (Wildman–Crippen LogP) is 3.28. The van der Waals surface area contributed by atoms with Crippen LogP contribution in [0.2, 0.25) is 0 Å². The monoisotopic (exact) mass is 321 g/mol. The van der Waals surface area contributed by atoms with E-state index in [0.29, 0.717) is 18.7 Å². The molecule has 1 aromatic carbocycles. The Morgan fingerprint density at radius 2 is 1.74 bits per heavy atom. The summed E-state index contributed by atoms with van der Waals surface area (Å²) >= 11 is 0. The number of nitrogens with one attached hydrogen (secondary N) is 1. The van der Waals surface area contributed by atoms with E-state index in [4.69, 9.17) is 9.84 Å². The molecule has 0 aliphatic heterocycles. The molecule has 1 amide bonds. The molecule has 4 nitrogen and oxygen atoms in total. The van der Waals surface area contributed by atoms with Crippen LogP contribution in [0.1, 0.15) is 53.5 Å². The molecule has 2 N–H and O–H groups in total. The molecule has 1 rings (SSSR count). The average molecular weight is 321 g/mol. The van der Waals surface area contributed by atoms with Gasteiger partial charge in [-0.05, 0) is 41.9 Å². The molecule has 0 saturated heterocycles. The lowest BCUT2D eigenvalue weighted by Crippen LogP contribution is -2.41. The number of rotatable bonds is 7. The van der Waals surface area contributed by atoms with E-state index in [2.05, 4.69) is 26.1 Å². The van der Waals surface area contributed by atoms with Gasteiger partial charge in [0.25, 0.3) is 5.91 Å². The molecule has 0 saturated carbocycles. The number of aliphatic hydroxyl groups excluding tert-OH is 1. The van der Waals surface area contributed by atoms with Crippen molar-refractivity contribution < 1.29 is 14.6 Å². The van der Waals surface area contributed by atoms with Gasteiger partial charge in [0.2, 0.25) is 0 Å². The Hall–Kier alpha value is -1.55. The van der Waals surface area contributed by atoms with E-state index in [1.807, 2.05) is 38.1 Å². The summed E-state index contributed by atoms with van der Waals surface area (Å²) in [6.07, 6.45) is 0.0944. The lowest BCUT2D eigenvalue weighted by atomic mass is 9.87. The van der Waals surface area contributed by atoms with Gasteiger partial charge in [-0.15, -0.1) is 0 Å². The topological polar surface area (TPSA) is 58.6 Å². The Balaban J connectivity index is 2.55. The molecule has 130 valence electrons. The van der Waals surface area contributed by atoms with Gasteiger partial charge in [-0.25, -0.2) is 0 Å². The smallest absolute Gasteiger partial charge is 0.260 e. The van der Waals surface area contributed by atoms with Crippen LogP contribution in [0.15, 0.2) is 24.3 Å². The van der Waals surface area contributed by atoms with Crippen molar-refractivity contribution >= 4 is 5.91 Å². The third kappa shape index (κ3) is 6.61. The van der Waals surface area contributed by atoms with Crippen LogP contribution in [-0.2, 0) is 10.2 Å². The molecule has 0 spiro atoms. The van der Waals surface area contributed by atoms with Crippen LogP contribution in [0.5, 0.6) is 5.75 Å². The minimum absolute atomic E-state index is 0.0970. The van der Waals surface area contributed by atoms with E-state index < -0.39 is 6.10 Å². The van der Waals surface area contributed by atoms with Gasteiger partial charge in [-0.2, -0.15) is 0 Å². The van der Waals surface area contributed by atoms with Crippen LogP contribution in [0.25, 0.3) is 0 Å². The van der Waals surface area contributed by atoms with Crippen molar-refractivity contribution in [3.63, 3.8) is 0 Å². The first-order valence-electron chi connectivity index (χ1n) is 8.21. The third-order valence-electron chi connectivity index (χ3n) is 3.93. The summed E-state index contributed by atoms with van der Waals surface area (Å²) in [5.74, 6) is 0.547. The normalized spacial score (nSPS) is 13.5. The van der Waals surface area contributed by atoms with Gasteiger partial charge in [0.15, 0.2) is 6.10 Å². The summed E-state index contributed by atoms with van der Waals surface area (Å²) in [5.41, 5.74) is 1.20. The summed E-state index contributed by atoms with van der Waals surface area (Å²) in [6.45, 7) is 12.9. The maximum absolute atomic E-state index is 12.1. The molecule has 0 aromatic heterocycles. The quantitative estimate of drug-likeness (QED) is 0.810. The first-order chi connectivity index (χ1) is 10.5. The Morgan fingerprint density at radius 3 is 2.22 bits per heavy atom. The second-order valence-corrected chi connectivity index (χ2v) is 7.89. The van der Waals surface area contributed by atoms with E-state index in [1.165, 1.54) is 5.56 Å². The minimum Gasteiger partial charge on any atom is -0.481 e. The van der Waals surface area contributed by atoms with Crippen LogP contribution in [-0.4, -0.2) is 30.3 Å². The summed E-state index contributed by atoms with van der Waals surface area (Å²) in [7, 11) is 0. The van der Waals surface area contributed by atoms with E-state index >= 15 is 0 Å². The van der Waals surface area contributed by atoms with Crippen LogP contribution in [0.4, 0.5) is 0 Å². The zero-order chi connectivity index (χ0) is 17.7. The zero-order valence-electron chi connectivity index (χ0n) is 15.3. The SMILES string of the molecule is CC(Oc1ccc(C(C)(C)C)cc1)C(=O)NCC(C)(C)CCO. The molecule has 0 radical (unpaired) electrons. The van der Waals surface area contributed by atoms with Gasteiger partial charge in [-0.3, -0.25) is 4.79 Å². The summed E-state index contributed by atoms with van der Waals surface area (Å²) in [6, 6.07) is 7.87. The van der Waals surface area contributed by atoms with E-state index in [1.54, 1.807) is 6.92 Å². The van der Waals surface area contributed by atoms with Crippen molar-refractivity contribution in [2.75, 3.05) is 13.2 Å². The highest BCUT2D eigenvalue weighted by molar-refractivity contribution is 5.80. The van der Waals surface area contributed by atoms with Crippen LogP contribution >= 0.6 is 0 Å². The molecule has 1 unspecified atom stereocenters. The molecular formula is C19H31NO3. The zero-order valence-corrected chi connectivity index (χ0v) is 15.3. The Kier molecular flexibility index (Phi) is 6.63. The molecule has 4 heteroatoms. The van der Waals surface area contributed by atoms with Crippen molar-refractivity contribution in [2.24, 2.45) is 5.41 Å². The molecule has 0 heterocycles. The highest BCUT2D eigenvalue weighted by Gasteiger charge is 2.21. The van der Waals surface area contributed by atoms with Gasteiger partial charge in [-0.1, -0.05) is 46.8 Å². The number of hydrogen-bond donors (Lipinski definition) is 2. The summed E-state index contributed by atoms with van der Waals surface area (Å²) < 4.78 is 5.71.